The number of anilines is 1. The Morgan fingerprint density at radius 1 is 1.24 bits per heavy atom. The van der Waals surface area contributed by atoms with Crippen LogP contribution >= 0.6 is 11.6 Å². The molecule has 1 atom stereocenters. The van der Waals surface area contributed by atoms with Crippen molar-refractivity contribution in [2.24, 2.45) is 0 Å². The lowest BCUT2D eigenvalue weighted by atomic mass is 10.2. The molecular weight excluding hydrogens is 345 g/mol. The molecule has 1 aliphatic rings. The lowest BCUT2D eigenvalue weighted by Crippen LogP contribution is -2.52. The van der Waals surface area contributed by atoms with E-state index >= 15 is 0 Å². The van der Waals surface area contributed by atoms with Crippen LogP contribution in [-0.2, 0) is 4.79 Å². The molecule has 1 aromatic carbocycles. The smallest absolute Gasteiger partial charge is 0.263 e. The van der Waals surface area contributed by atoms with Crippen molar-refractivity contribution in [1.82, 2.24) is 9.88 Å². The van der Waals surface area contributed by atoms with Gasteiger partial charge in [0, 0.05) is 32.4 Å². The minimum Gasteiger partial charge on any atom is -0.479 e. The second-order valence-corrected chi connectivity index (χ2v) is 6.24. The van der Waals surface area contributed by atoms with E-state index in [1.165, 1.54) is 18.2 Å². The fraction of sp³-hybridized carbons (Fsp3) is 0.333. The highest BCUT2D eigenvalue weighted by Crippen LogP contribution is 2.26. The van der Waals surface area contributed by atoms with Gasteiger partial charge in [0.1, 0.15) is 17.4 Å². The average Bonchev–Trinajstić information content (AvgIpc) is 2.64. The number of aromatic nitrogens is 1. The SMILES string of the molecule is C[C@@H](Oc1ccc(F)cc1Cl)C(=O)N1CCN(c2ccccn2)CC1. The number of hydrogen-bond acceptors (Lipinski definition) is 4. The quantitative estimate of drug-likeness (QED) is 0.837. The third kappa shape index (κ3) is 4.20. The number of carbonyl (C=O) groups excluding carboxylic acids is 1. The monoisotopic (exact) mass is 363 g/mol. The molecule has 2 heterocycles. The molecule has 132 valence electrons. The molecule has 1 saturated heterocycles. The molecule has 5 nitrogen and oxygen atoms in total. The summed E-state index contributed by atoms with van der Waals surface area (Å²) in [6, 6.07) is 9.63. The van der Waals surface area contributed by atoms with E-state index in [9.17, 15) is 9.18 Å². The van der Waals surface area contributed by atoms with E-state index < -0.39 is 11.9 Å². The molecule has 3 rings (SSSR count). The van der Waals surface area contributed by atoms with Gasteiger partial charge in [-0.25, -0.2) is 9.37 Å². The van der Waals surface area contributed by atoms with Gasteiger partial charge in [-0.3, -0.25) is 4.79 Å². The van der Waals surface area contributed by atoms with E-state index in [-0.39, 0.29) is 10.9 Å². The van der Waals surface area contributed by atoms with E-state index in [2.05, 4.69) is 9.88 Å². The number of piperazine rings is 1. The van der Waals surface area contributed by atoms with E-state index in [0.29, 0.717) is 31.9 Å². The Bertz CT molecular complexity index is 736. The lowest BCUT2D eigenvalue weighted by molar-refractivity contribution is -0.138. The van der Waals surface area contributed by atoms with Crippen LogP contribution in [0.15, 0.2) is 42.6 Å². The van der Waals surface area contributed by atoms with Crippen molar-refractivity contribution in [2.45, 2.75) is 13.0 Å². The first kappa shape index (κ1) is 17.5. The molecule has 1 aromatic heterocycles. The predicted octanol–water partition coefficient (Wildman–Crippen LogP) is 2.99. The Labute approximate surface area is 151 Å². The zero-order chi connectivity index (χ0) is 17.8. The van der Waals surface area contributed by atoms with Crippen LogP contribution in [0.3, 0.4) is 0 Å². The van der Waals surface area contributed by atoms with Crippen LogP contribution in [0.5, 0.6) is 5.75 Å². The van der Waals surface area contributed by atoms with Crippen molar-refractivity contribution in [1.29, 1.82) is 0 Å². The summed E-state index contributed by atoms with van der Waals surface area (Å²) in [5.74, 6) is 0.663. The number of pyridine rings is 1. The summed E-state index contributed by atoms with van der Waals surface area (Å²) in [7, 11) is 0. The molecule has 0 radical (unpaired) electrons. The second kappa shape index (κ2) is 7.70. The van der Waals surface area contributed by atoms with Gasteiger partial charge >= 0.3 is 0 Å². The summed E-state index contributed by atoms with van der Waals surface area (Å²) in [6.07, 6.45) is 1.07. The van der Waals surface area contributed by atoms with Gasteiger partial charge in [-0.15, -0.1) is 0 Å². The largest absolute Gasteiger partial charge is 0.479 e. The van der Waals surface area contributed by atoms with Crippen LogP contribution in [0.25, 0.3) is 0 Å². The van der Waals surface area contributed by atoms with Gasteiger partial charge in [0.25, 0.3) is 5.91 Å². The van der Waals surface area contributed by atoms with E-state index in [0.717, 1.165) is 5.82 Å². The molecule has 1 fully saturated rings. The number of rotatable bonds is 4. The van der Waals surface area contributed by atoms with Crippen LogP contribution in [0.2, 0.25) is 5.02 Å². The zero-order valence-electron chi connectivity index (χ0n) is 13.9. The van der Waals surface area contributed by atoms with Crippen LogP contribution in [0.1, 0.15) is 6.92 Å². The molecule has 1 amide bonds. The fourth-order valence-electron chi connectivity index (χ4n) is 2.77. The number of benzene rings is 1. The summed E-state index contributed by atoms with van der Waals surface area (Å²) < 4.78 is 18.7. The van der Waals surface area contributed by atoms with Gasteiger partial charge in [-0.05, 0) is 37.3 Å². The molecule has 1 aliphatic heterocycles. The van der Waals surface area contributed by atoms with Crippen molar-refractivity contribution < 1.29 is 13.9 Å². The summed E-state index contributed by atoms with van der Waals surface area (Å²) >= 11 is 5.95. The molecule has 0 bridgehead atoms. The molecule has 7 heteroatoms. The van der Waals surface area contributed by atoms with Crippen LogP contribution in [-0.4, -0.2) is 48.1 Å². The van der Waals surface area contributed by atoms with Gasteiger partial charge < -0.3 is 14.5 Å². The number of amides is 1. The van der Waals surface area contributed by atoms with Crippen LogP contribution < -0.4 is 9.64 Å². The average molecular weight is 364 g/mol. The molecular formula is C18H19ClFN3O2. The third-order valence-corrected chi connectivity index (χ3v) is 4.41. The van der Waals surface area contributed by atoms with Gasteiger partial charge in [-0.1, -0.05) is 17.7 Å². The number of halogens is 2. The number of hydrogen-bond donors (Lipinski definition) is 0. The van der Waals surface area contributed by atoms with E-state index in [4.69, 9.17) is 16.3 Å². The Balaban J connectivity index is 1.56. The maximum Gasteiger partial charge on any atom is 0.263 e. The van der Waals surface area contributed by atoms with E-state index in [1.807, 2.05) is 18.2 Å². The third-order valence-electron chi connectivity index (χ3n) is 4.11. The van der Waals surface area contributed by atoms with Crippen molar-refractivity contribution in [3.8, 4) is 5.75 Å². The highest BCUT2D eigenvalue weighted by Gasteiger charge is 2.26. The van der Waals surface area contributed by atoms with Crippen molar-refractivity contribution in [2.75, 3.05) is 31.1 Å². The first-order valence-electron chi connectivity index (χ1n) is 8.11. The highest BCUT2D eigenvalue weighted by atomic mass is 35.5. The summed E-state index contributed by atoms with van der Waals surface area (Å²) in [6.45, 7) is 4.30. The Morgan fingerprint density at radius 2 is 2.00 bits per heavy atom. The molecule has 0 aliphatic carbocycles. The maximum atomic E-state index is 13.1. The van der Waals surface area contributed by atoms with Crippen LogP contribution in [0, 0.1) is 5.82 Å². The Kier molecular flexibility index (Phi) is 5.38. The molecule has 0 N–H and O–H groups in total. The van der Waals surface area contributed by atoms with Gasteiger partial charge in [0.15, 0.2) is 6.10 Å². The highest BCUT2D eigenvalue weighted by molar-refractivity contribution is 6.32. The van der Waals surface area contributed by atoms with Gasteiger partial charge in [0.05, 0.1) is 5.02 Å². The minimum atomic E-state index is -0.690. The molecule has 0 unspecified atom stereocenters. The summed E-state index contributed by atoms with van der Waals surface area (Å²) in [5.41, 5.74) is 0. The standard InChI is InChI=1S/C18H19ClFN3O2/c1-13(25-16-6-5-14(20)12-15(16)19)18(24)23-10-8-22(9-11-23)17-4-2-3-7-21-17/h2-7,12-13H,8-11H2,1H3/t13-/m1/s1. The Morgan fingerprint density at radius 3 is 2.64 bits per heavy atom. The van der Waals surface area contributed by atoms with Crippen molar-refractivity contribution >= 4 is 23.3 Å². The number of carbonyl (C=O) groups is 1. The van der Waals surface area contributed by atoms with Crippen molar-refractivity contribution in [3.63, 3.8) is 0 Å². The molecule has 2 aromatic rings. The van der Waals surface area contributed by atoms with Crippen molar-refractivity contribution in [3.05, 3.63) is 53.4 Å². The van der Waals surface area contributed by atoms with Gasteiger partial charge in [0.2, 0.25) is 0 Å². The normalized spacial score (nSPS) is 15.8. The van der Waals surface area contributed by atoms with Gasteiger partial charge in [-0.2, -0.15) is 0 Å². The first-order chi connectivity index (χ1) is 12.0. The first-order valence-corrected chi connectivity index (χ1v) is 8.49. The second-order valence-electron chi connectivity index (χ2n) is 5.84. The Hall–Kier alpha value is -2.34. The molecule has 25 heavy (non-hydrogen) atoms. The minimum absolute atomic E-state index is 0.110. The number of ether oxygens (including phenoxy) is 1. The maximum absolute atomic E-state index is 13.1. The van der Waals surface area contributed by atoms with Crippen LogP contribution in [0.4, 0.5) is 10.2 Å². The van der Waals surface area contributed by atoms with E-state index in [1.54, 1.807) is 18.0 Å². The summed E-state index contributed by atoms with van der Waals surface area (Å²) in [5, 5.41) is 0.152. The number of nitrogens with zero attached hydrogens (tertiary/aromatic N) is 3. The topological polar surface area (TPSA) is 45.7 Å². The fourth-order valence-corrected chi connectivity index (χ4v) is 2.98. The summed E-state index contributed by atoms with van der Waals surface area (Å²) in [4.78, 5) is 20.8. The zero-order valence-corrected chi connectivity index (χ0v) is 14.6. The predicted molar refractivity (Wildman–Crippen MR) is 94.5 cm³/mol. The molecule has 0 spiro atoms. The lowest BCUT2D eigenvalue weighted by Gasteiger charge is -2.36. The molecule has 0 saturated carbocycles.